The van der Waals surface area contributed by atoms with Crippen LogP contribution in [-0.2, 0) is 4.79 Å². The SMILES string of the molecule is CC=CC(=O)Nc1cccc(-n2c(=O)ccc3cnc(Nc4ccc(N5CCN(C)CC5)cc4OC)nc32)c1. The summed E-state index contributed by atoms with van der Waals surface area (Å²) in [6.45, 7) is 5.71. The lowest BCUT2D eigenvalue weighted by Gasteiger charge is -2.34. The van der Waals surface area contributed by atoms with Crippen molar-refractivity contribution >= 4 is 40.0 Å². The molecule has 0 atom stereocenters. The van der Waals surface area contributed by atoms with E-state index < -0.39 is 0 Å². The van der Waals surface area contributed by atoms with Crippen LogP contribution >= 0.6 is 0 Å². The molecule has 0 saturated carbocycles. The van der Waals surface area contributed by atoms with Crippen molar-refractivity contribution in [3.8, 4) is 11.4 Å². The predicted molar refractivity (Wildman–Crippen MR) is 155 cm³/mol. The second-order valence-electron chi connectivity index (χ2n) is 9.32. The zero-order valence-corrected chi connectivity index (χ0v) is 22.2. The standard InChI is InChI=1S/C29H31N7O3/c1-4-6-26(37)31-21-7-5-8-23(17-21)36-27(38)12-9-20-19-30-29(33-28(20)36)32-24-11-10-22(18-25(24)39-3)35-15-13-34(2)14-16-35/h4-12,17-19H,13-16H2,1-3H3,(H,31,37)(H,30,32,33). The number of rotatable bonds is 7. The fourth-order valence-electron chi connectivity index (χ4n) is 4.55. The third-order valence-electron chi connectivity index (χ3n) is 6.62. The first-order valence-electron chi connectivity index (χ1n) is 12.8. The highest BCUT2D eigenvalue weighted by atomic mass is 16.5. The number of carbonyl (C=O) groups excluding carboxylic acids is 1. The van der Waals surface area contributed by atoms with Crippen molar-refractivity contribution in [1.82, 2.24) is 19.4 Å². The quantitative estimate of drug-likeness (QED) is 0.351. The van der Waals surface area contributed by atoms with E-state index in [1.165, 1.54) is 16.7 Å². The summed E-state index contributed by atoms with van der Waals surface area (Å²) in [5, 5.41) is 6.75. The van der Waals surface area contributed by atoms with Gasteiger partial charge in [-0.3, -0.25) is 14.2 Å². The third-order valence-corrected chi connectivity index (χ3v) is 6.62. The summed E-state index contributed by atoms with van der Waals surface area (Å²) in [6, 6.07) is 16.3. The molecule has 10 nitrogen and oxygen atoms in total. The van der Waals surface area contributed by atoms with Crippen molar-refractivity contribution in [3.63, 3.8) is 0 Å². The van der Waals surface area contributed by atoms with Crippen LogP contribution in [-0.4, -0.2) is 65.7 Å². The highest BCUT2D eigenvalue weighted by Gasteiger charge is 2.17. The number of likely N-dealkylation sites (N-methyl/N-ethyl adjacent to an activating group) is 1. The molecule has 1 saturated heterocycles. The van der Waals surface area contributed by atoms with E-state index in [0.29, 0.717) is 39.8 Å². The first-order chi connectivity index (χ1) is 18.9. The van der Waals surface area contributed by atoms with Gasteiger partial charge in [0.25, 0.3) is 5.56 Å². The molecule has 0 spiro atoms. The number of ether oxygens (including phenoxy) is 1. The summed E-state index contributed by atoms with van der Waals surface area (Å²) in [6.07, 6.45) is 4.77. The van der Waals surface area contributed by atoms with Crippen LogP contribution in [0.1, 0.15) is 6.92 Å². The van der Waals surface area contributed by atoms with Gasteiger partial charge in [-0.05, 0) is 56.4 Å². The maximum Gasteiger partial charge on any atom is 0.256 e. The molecule has 10 heteroatoms. The molecule has 1 aliphatic rings. The van der Waals surface area contributed by atoms with E-state index in [4.69, 9.17) is 9.72 Å². The number of piperazine rings is 1. The number of fused-ring (bicyclic) bond motifs is 1. The molecule has 2 N–H and O–H groups in total. The molecule has 39 heavy (non-hydrogen) atoms. The van der Waals surface area contributed by atoms with E-state index in [1.807, 2.05) is 12.1 Å². The molecule has 0 aliphatic carbocycles. The average molecular weight is 526 g/mol. The zero-order chi connectivity index (χ0) is 27.4. The van der Waals surface area contributed by atoms with Crippen LogP contribution < -0.4 is 25.8 Å². The van der Waals surface area contributed by atoms with Crippen molar-refractivity contribution in [2.24, 2.45) is 0 Å². The summed E-state index contributed by atoms with van der Waals surface area (Å²) in [5.41, 5.74) is 3.14. The van der Waals surface area contributed by atoms with Gasteiger partial charge in [0.2, 0.25) is 11.9 Å². The van der Waals surface area contributed by atoms with Gasteiger partial charge in [0.1, 0.15) is 5.75 Å². The van der Waals surface area contributed by atoms with E-state index in [9.17, 15) is 9.59 Å². The lowest BCUT2D eigenvalue weighted by molar-refractivity contribution is -0.111. The molecular formula is C29H31N7O3. The normalized spacial score (nSPS) is 14.1. The van der Waals surface area contributed by atoms with Crippen LogP contribution in [0.5, 0.6) is 5.75 Å². The highest BCUT2D eigenvalue weighted by molar-refractivity contribution is 5.99. The Morgan fingerprint density at radius 3 is 2.62 bits per heavy atom. The van der Waals surface area contributed by atoms with Crippen LogP contribution in [0.2, 0.25) is 0 Å². The number of benzene rings is 2. The number of nitrogens with one attached hydrogen (secondary N) is 2. The van der Waals surface area contributed by atoms with Gasteiger partial charge < -0.3 is 25.2 Å². The largest absolute Gasteiger partial charge is 0.494 e. The number of nitrogens with zero attached hydrogens (tertiary/aromatic N) is 5. The highest BCUT2D eigenvalue weighted by Crippen LogP contribution is 2.32. The zero-order valence-electron chi connectivity index (χ0n) is 22.2. The topological polar surface area (TPSA) is 105 Å². The predicted octanol–water partition coefficient (Wildman–Crippen LogP) is 3.80. The Kier molecular flexibility index (Phi) is 7.55. The number of anilines is 4. The number of carbonyl (C=O) groups is 1. The maximum atomic E-state index is 13.0. The van der Waals surface area contributed by atoms with Gasteiger partial charge in [0.05, 0.1) is 18.5 Å². The number of aromatic nitrogens is 3. The Balaban J connectivity index is 1.47. The van der Waals surface area contributed by atoms with Crippen LogP contribution in [0.3, 0.4) is 0 Å². The number of amides is 1. The van der Waals surface area contributed by atoms with Crippen molar-refractivity contribution in [1.29, 1.82) is 0 Å². The summed E-state index contributed by atoms with van der Waals surface area (Å²) in [5.74, 6) is 0.747. The van der Waals surface area contributed by atoms with Crippen molar-refractivity contribution < 1.29 is 9.53 Å². The lowest BCUT2D eigenvalue weighted by atomic mass is 10.2. The van der Waals surface area contributed by atoms with Crippen molar-refractivity contribution in [2.45, 2.75) is 6.92 Å². The van der Waals surface area contributed by atoms with Crippen LogP contribution in [0.15, 0.2) is 77.7 Å². The Bertz CT molecular complexity index is 1590. The molecule has 1 fully saturated rings. The molecule has 0 radical (unpaired) electrons. The molecule has 0 unspecified atom stereocenters. The molecule has 200 valence electrons. The molecule has 0 bridgehead atoms. The van der Waals surface area contributed by atoms with E-state index in [2.05, 4.69) is 38.5 Å². The fraction of sp³-hybridized carbons (Fsp3) is 0.241. The Labute approximate surface area is 226 Å². The molecule has 4 aromatic rings. The summed E-state index contributed by atoms with van der Waals surface area (Å²) in [7, 11) is 3.77. The first kappa shape index (κ1) is 25.9. The molecule has 1 aliphatic heterocycles. The summed E-state index contributed by atoms with van der Waals surface area (Å²) in [4.78, 5) is 38.8. The Morgan fingerprint density at radius 2 is 1.85 bits per heavy atom. The Morgan fingerprint density at radius 1 is 1.03 bits per heavy atom. The van der Waals surface area contributed by atoms with Crippen molar-refractivity contribution in [3.05, 3.63) is 83.3 Å². The molecule has 3 heterocycles. The van der Waals surface area contributed by atoms with Gasteiger partial charge in [-0.15, -0.1) is 0 Å². The molecule has 1 amide bonds. The van der Waals surface area contributed by atoms with Crippen LogP contribution in [0.4, 0.5) is 23.0 Å². The Hall–Kier alpha value is -4.70. The second-order valence-corrected chi connectivity index (χ2v) is 9.32. The van der Waals surface area contributed by atoms with Gasteiger partial charge in [-0.2, -0.15) is 4.98 Å². The molecule has 2 aromatic carbocycles. The second kappa shape index (κ2) is 11.4. The maximum absolute atomic E-state index is 13.0. The average Bonchev–Trinajstić information content (AvgIpc) is 2.94. The number of hydrogen-bond acceptors (Lipinski definition) is 8. The number of hydrogen-bond donors (Lipinski definition) is 2. The van der Waals surface area contributed by atoms with Gasteiger partial charge >= 0.3 is 0 Å². The van der Waals surface area contributed by atoms with E-state index in [0.717, 1.165) is 31.9 Å². The summed E-state index contributed by atoms with van der Waals surface area (Å²) < 4.78 is 7.18. The molecule has 2 aromatic heterocycles. The van der Waals surface area contributed by atoms with Crippen LogP contribution in [0, 0.1) is 0 Å². The number of methoxy groups -OCH3 is 1. The van der Waals surface area contributed by atoms with E-state index in [-0.39, 0.29) is 11.5 Å². The molecular weight excluding hydrogens is 494 g/mol. The summed E-state index contributed by atoms with van der Waals surface area (Å²) >= 11 is 0. The molecule has 5 rings (SSSR count). The third kappa shape index (κ3) is 5.75. The van der Waals surface area contributed by atoms with Gasteiger partial charge in [0.15, 0.2) is 5.65 Å². The van der Waals surface area contributed by atoms with Gasteiger partial charge in [0, 0.05) is 61.3 Å². The lowest BCUT2D eigenvalue weighted by Crippen LogP contribution is -2.44. The van der Waals surface area contributed by atoms with Gasteiger partial charge in [-0.25, -0.2) is 4.98 Å². The first-order valence-corrected chi connectivity index (χ1v) is 12.8. The number of pyridine rings is 1. The van der Waals surface area contributed by atoms with Crippen LogP contribution in [0.25, 0.3) is 16.7 Å². The monoisotopic (exact) mass is 525 g/mol. The minimum absolute atomic E-state index is 0.249. The smallest absolute Gasteiger partial charge is 0.256 e. The van der Waals surface area contributed by atoms with Crippen molar-refractivity contribution in [2.75, 3.05) is 55.9 Å². The minimum Gasteiger partial charge on any atom is -0.494 e. The number of allylic oxidation sites excluding steroid dienone is 1. The van der Waals surface area contributed by atoms with E-state index >= 15 is 0 Å². The fourth-order valence-corrected chi connectivity index (χ4v) is 4.55. The minimum atomic E-state index is -0.252. The van der Waals surface area contributed by atoms with E-state index in [1.54, 1.807) is 56.6 Å². The van der Waals surface area contributed by atoms with Gasteiger partial charge in [-0.1, -0.05) is 12.1 Å².